The van der Waals surface area contributed by atoms with Crippen molar-refractivity contribution in [3.05, 3.63) is 47.1 Å². The number of hydrogen-bond donors (Lipinski definition) is 1. The summed E-state index contributed by atoms with van der Waals surface area (Å²) in [6.45, 7) is 4.08. The van der Waals surface area contributed by atoms with E-state index in [9.17, 15) is 9.59 Å². The van der Waals surface area contributed by atoms with Crippen molar-refractivity contribution in [2.45, 2.75) is 24.9 Å². The second-order valence-corrected chi connectivity index (χ2v) is 8.42. The fourth-order valence-electron chi connectivity index (χ4n) is 2.83. The van der Waals surface area contributed by atoms with Crippen LogP contribution < -0.4 is 5.32 Å². The van der Waals surface area contributed by atoms with Gasteiger partial charge in [-0.25, -0.2) is 4.79 Å². The van der Waals surface area contributed by atoms with Crippen molar-refractivity contribution in [2.75, 3.05) is 18.2 Å². The van der Waals surface area contributed by atoms with Crippen LogP contribution in [0.25, 0.3) is 11.1 Å². The first kappa shape index (κ1) is 21.1. The smallest absolute Gasteiger partial charge is 0.341 e. The summed E-state index contributed by atoms with van der Waals surface area (Å²) in [5.74, 6) is 0.564. The minimum absolute atomic E-state index is 0.156. The standard InChI is InChI=1S/C20H22N4O3S2/c1-12(2)17-22-23-20(24(17)3)29-11-15(25)21-18-16(19(26)27-4)14(10-28-18)13-8-6-5-7-9-13/h5-10,12H,11H2,1-4H3,(H,21,25). The predicted octanol–water partition coefficient (Wildman–Crippen LogP) is 4.18. The van der Waals surface area contributed by atoms with Crippen molar-refractivity contribution in [3.8, 4) is 11.1 Å². The van der Waals surface area contributed by atoms with E-state index in [0.29, 0.717) is 15.7 Å². The predicted molar refractivity (Wildman–Crippen MR) is 116 cm³/mol. The highest BCUT2D eigenvalue weighted by Gasteiger charge is 2.22. The van der Waals surface area contributed by atoms with Crippen LogP contribution in [-0.2, 0) is 16.6 Å². The van der Waals surface area contributed by atoms with Crippen molar-refractivity contribution in [3.63, 3.8) is 0 Å². The highest BCUT2D eigenvalue weighted by Crippen LogP contribution is 2.36. The number of benzene rings is 1. The Labute approximate surface area is 177 Å². The van der Waals surface area contributed by atoms with Gasteiger partial charge in [-0.05, 0) is 5.56 Å². The Morgan fingerprint density at radius 2 is 1.97 bits per heavy atom. The van der Waals surface area contributed by atoms with Gasteiger partial charge in [0, 0.05) is 23.9 Å². The zero-order valence-electron chi connectivity index (χ0n) is 16.6. The van der Waals surface area contributed by atoms with Gasteiger partial charge >= 0.3 is 5.97 Å². The molecule has 2 heterocycles. The fourth-order valence-corrected chi connectivity index (χ4v) is 4.52. The van der Waals surface area contributed by atoms with Gasteiger partial charge in [-0.1, -0.05) is 55.9 Å². The molecular weight excluding hydrogens is 408 g/mol. The molecule has 0 bridgehead atoms. The zero-order valence-corrected chi connectivity index (χ0v) is 18.3. The SMILES string of the molecule is COC(=O)c1c(-c2ccccc2)csc1NC(=O)CSc1nnc(C(C)C)n1C. The Morgan fingerprint density at radius 3 is 2.59 bits per heavy atom. The van der Waals surface area contributed by atoms with Crippen LogP contribution in [0.2, 0.25) is 0 Å². The normalized spacial score (nSPS) is 10.9. The summed E-state index contributed by atoms with van der Waals surface area (Å²) in [4.78, 5) is 24.9. The Hall–Kier alpha value is -2.65. The van der Waals surface area contributed by atoms with Crippen LogP contribution in [0.1, 0.15) is 35.9 Å². The van der Waals surface area contributed by atoms with E-state index >= 15 is 0 Å². The first-order valence-corrected chi connectivity index (χ1v) is 10.9. The number of nitrogens with zero attached hydrogens (tertiary/aromatic N) is 3. The van der Waals surface area contributed by atoms with E-state index < -0.39 is 5.97 Å². The lowest BCUT2D eigenvalue weighted by Gasteiger charge is -2.08. The highest BCUT2D eigenvalue weighted by atomic mass is 32.2. The first-order valence-electron chi connectivity index (χ1n) is 8.99. The maximum atomic E-state index is 12.5. The Kier molecular flexibility index (Phi) is 6.71. The lowest BCUT2D eigenvalue weighted by atomic mass is 10.0. The van der Waals surface area contributed by atoms with Crippen molar-refractivity contribution in [1.82, 2.24) is 14.8 Å². The number of anilines is 1. The van der Waals surface area contributed by atoms with Crippen LogP contribution in [0.4, 0.5) is 5.00 Å². The van der Waals surface area contributed by atoms with Crippen LogP contribution in [0, 0.1) is 0 Å². The molecule has 152 valence electrons. The molecule has 9 heteroatoms. The summed E-state index contributed by atoms with van der Waals surface area (Å²) in [5.41, 5.74) is 1.99. The maximum absolute atomic E-state index is 12.5. The van der Waals surface area contributed by atoms with Gasteiger partial charge < -0.3 is 14.6 Å². The van der Waals surface area contributed by atoms with Crippen LogP contribution >= 0.6 is 23.1 Å². The molecule has 0 saturated heterocycles. The molecule has 0 atom stereocenters. The number of rotatable bonds is 7. The summed E-state index contributed by atoms with van der Waals surface area (Å²) in [7, 11) is 3.22. The minimum Gasteiger partial charge on any atom is -0.465 e. The molecule has 3 aromatic rings. The van der Waals surface area contributed by atoms with E-state index in [2.05, 4.69) is 15.5 Å². The van der Waals surface area contributed by atoms with Crippen LogP contribution in [0.15, 0.2) is 40.9 Å². The monoisotopic (exact) mass is 430 g/mol. The van der Waals surface area contributed by atoms with Gasteiger partial charge in [0.15, 0.2) is 5.16 Å². The molecule has 0 unspecified atom stereocenters. The average molecular weight is 431 g/mol. The van der Waals surface area contributed by atoms with Gasteiger partial charge in [0.2, 0.25) is 5.91 Å². The summed E-state index contributed by atoms with van der Waals surface area (Å²) in [6.07, 6.45) is 0. The molecule has 1 aromatic carbocycles. The topological polar surface area (TPSA) is 86.1 Å². The van der Waals surface area contributed by atoms with Crippen molar-refractivity contribution in [1.29, 1.82) is 0 Å². The molecule has 0 saturated carbocycles. The number of esters is 1. The van der Waals surface area contributed by atoms with Crippen molar-refractivity contribution >= 4 is 40.0 Å². The molecule has 0 spiro atoms. The van der Waals surface area contributed by atoms with Gasteiger partial charge in [0.1, 0.15) is 16.4 Å². The lowest BCUT2D eigenvalue weighted by molar-refractivity contribution is -0.113. The summed E-state index contributed by atoms with van der Waals surface area (Å²) >= 11 is 2.60. The second kappa shape index (κ2) is 9.23. The Balaban J connectivity index is 1.75. The van der Waals surface area contributed by atoms with Crippen LogP contribution in [-0.4, -0.2) is 39.5 Å². The summed E-state index contributed by atoms with van der Waals surface area (Å²) < 4.78 is 6.83. The van der Waals surface area contributed by atoms with Crippen molar-refractivity contribution < 1.29 is 14.3 Å². The van der Waals surface area contributed by atoms with E-state index in [0.717, 1.165) is 17.0 Å². The highest BCUT2D eigenvalue weighted by molar-refractivity contribution is 7.99. The van der Waals surface area contributed by atoms with E-state index in [-0.39, 0.29) is 17.6 Å². The van der Waals surface area contributed by atoms with Gasteiger partial charge in [0.25, 0.3) is 0 Å². The molecule has 0 aliphatic carbocycles. The molecule has 1 amide bonds. The minimum atomic E-state index is -0.483. The molecule has 2 aromatic heterocycles. The third-order valence-electron chi connectivity index (χ3n) is 4.24. The second-order valence-electron chi connectivity index (χ2n) is 6.60. The number of thioether (sulfide) groups is 1. The average Bonchev–Trinajstić information content (AvgIpc) is 3.30. The Bertz CT molecular complexity index is 1010. The number of aromatic nitrogens is 3. The number of nitrogens with one attached hydrogen (secondary N) is 1. The number of hydrogen-bond acceptors (Lipinski definition) is 7. The van der Waals surface area contributed by atoms with E-state index in [1.807, 2.05) is 61.2 Å². The molecule has 29 heavy (non-hydrogen) atoms. The number of thiophene rings is 1. The van der Waals surface area contributed by atoms with Gasteiger partial charge in [0.05, 0.1) is 12.9 Å². The molecule has 0 radical (unpaired) electrons. The number of methoxy groups -OCH3 is 1. The van der Waals surface area contributed by atoms with Gasteiger partial charge in [-0.2, -0.15) is 0 Å². The molecule has 0 aliphatic heterocycles. The lowest BCUT2D eigenvalue weighted by Crippen LogP contribution is -2.16. The molecule has 0 aliphatic rings. The zero-order chi connectivity index (χ0) is 21.0. The first-order chi connectivity index (χ1) is 13.9. The number of carbonyl (C=O) groups is 2. The Morgan fingerprint density at radius 1 is 1.24 bits per heavy atom. The third-order valence-corrected chi connectivity index (χ3v) is 6.15. The van der Waals surface area contributed by atoms with Gasteiger partial charge in [-0.15, -0.1) is 21.5 Å². The summed E-state index contributed by atoms with van der Waals surface area (Å²) in [5, 5.41) is 14.1. The number of carbonyl (C=O) groups excluding carboxylic acids is 2. The summed E-state index contributed by atoms with van der Waals surface area (Å²) in [6, 6.07) is 9.53. The largest absolute Gasteiger partial charge is 0.465 e. The van der Waals surface area contributed by atoms with E-state index in [1.54, 1.807) is 0 Å². The molecule has 3 rings (SSSR count). The quantitative estimate of drug-likeness (QED) is 0.447. The molecule has 7 nitrogen and oxygen atoms in total. The number of amides is 1. The maximum Gasteiger partial charge on any atom is 0.341 e. The molecular formula is C20H22N4O3S2. The third kappa shape index (κ3) is 4.68. The molecule has 0 fully saturated rings. The van der Waals surface area contributed by atoms with Crippen LogP contribution in [0.3, 0.4) is 0 Å². The van der Waals surface area contributed by atoms with E-state index in [1.165, 1.54) is 30.2 Å². The number of ether oxygens (including phenoxy) is 1. The molecule has 1 N–H and O–H groups in total. The fraction of sp³-hybridized carbons (Fsp3) is 0.300. The van der Waals surface area contributed by atoms with Gasteiger partial charge in [-0.3, -0.25) is 4.79 Å². The van der Waals surface area contributed by atoms with Crippen LogP contribution in [0.5, 0.6) is 0 Å². The van der Waals surface area contributed by atoms with E-state index in [4.69, 9.17) is 4.74 Å². The van der Waals surface area contributed by atoms with Crippen molar-refractivity contribution in [2.24, 2.45) is 7.05 Å².